The lowest BCUT2D eigenvalue weighted by molar-refractivity contribution is -2.00. The van der Waals surface area contributed by atoms with Crippen molar-refractivity contribution in [2.75, 3.05) is 0 Å². The van der Waals surface area contributed by atoms with Crippen LogP contribution in [-0.2, 0) is 0 Å². The number of halogens is 1. The largest absolute Gasteiger partial charge is 0.447 e. The van der Waals surface area contributed by atoms with Crippen LogP contribution in [0.3, 0.4) is 0 Å². The molecule has 1 aliphatic heterocycles. The maximum atomic E-state index is 8.49. The second kappa shape index (κ2) is 9.70. The molecule has 1 aromatic carbocycles. The van der Waals surface area contributed by atoms with Gasteiger partial charge in [0.05, 0.1) is 18.7 Å². The molecule has 0 unspecified atom stereocenters. The van der Waals surface area contributed by atoms with Crippen molar-refractivity contribution in [1.29, 1.82) is 5.41 Å². The van der Waals surface area contributed by atoms with E-state index in [9.17, 15) is 0 Å². The van der Waals surface area contributed by atoms with Gasteiger partial charge in [-0.05, 0) is 29.8 Å². The van der Waals surface area contributed by atoms with E-state index in [1.165, 1.54) is 6.26 Å². The summed E-state index contributed by atoms with van der Waals surface area (Å²) in [6, 6.07) is 13.4. The third kappa shape index (κ3) is 9.38. The Kier molecular flexibility index (Phi) is 7.92. The van der Waals surface area contributed by atoms with Crippen LogP contribution in [-0.4, -0.2) is 0 Å². The predicted molar refractivity (Wildman–Crippen MR) is 70.2 cm³/mol. The fourth-order valence-corrected chi connectivity index (χ4v) is 1.55. The zero-order chi connectivity index (χ0) is 17.1. The van der Waals surface area contributed by atoms with Gasteiger partial charge >= 0.3 is 0 Å². The van der Waals surface area contributed by atoms with Crippen LogP contribution in [0.25, 0.3) is 11.1 Å². The van der Waals surface area contributed by atoms with Gasteiger partial charge in [0, 0.05) is 5.56 Å². The summed E-state index contributed by atoms with van der Waals surface area (Å²) in [4.78, 5) is 0. The monoisotopic (exact) mass is 338 g/mol. The topological polar surface area (TPSA) is 146 Å². The van der Waals surface area contributed by atoms with Gasteiger partial charge in [-0.15, -0.1) is 10.2 Å². The molecular formula is C15H15ClN2O5. The van der Waals surface area contributed by atoms with Crippen molar-refractivity contribution in [2.45, 2.75) is 0 Å². The minimum atomic E-state index is -4.94. The molecule has 2 aromatic rings. The van der Waals surface area contributed by atoms with E-state index in [0.717, 1.165) is 11.1 Å². The quantitative estimate of drug-likeness (QED) is 0.579. The lowest BCUT2D eigenvalue weighted by Gasteiger charge is -2.17. The highest BCUT2D eigenvalue weighted by molar-refractivity contribution is 5.60. The Hall–Kier alpha value is -2.26. The SMILES string of the molecule is C1=C[NH2+]C=C1.N=c1occcc1-c1ccccc1.[O-][Cl+3]([O-])([O-])[O-]. The van der Waals surface area contributed by atoms with E-state index in [4.69, 9.17) is 28.5 Å². The van der Waals surface area contributed by atoms with Crippen LogP contribution in [0, 0.1) is 15.7 Å². The number of rotatable bonds is 1. The molecule has 0 aliphatic carbocycles. The van der Waals surface area contributed by atoms with Gasteiger partial charge in [0.25, 0.3) is 0 Å². The summed E-state index contributed by atoms with van der Waals surface area (Å²) in [5.41, 5.74) is 2.04. The summed E-state index contributed by atoms with van der Waals surface area (Å²) in [7, 11) is -4.94. The minimum Gasteiger partial charge on any atom is -0.447 e. The minimum absolute atomic E-state index is 0.203. The molecule has 8 heteroatoms. The highest BCUT2D eigenvalue weighted by Crippen LogP contribution is 2.13. The summed E-state index contributed by atoms with van der Waals surface area (Å²) in [5.74, 6) is 0. The van der Waals surface area contributed by atoms with Crippen LogP contribution in [0.2, 0.25) is 0 Å². The molecule has 7 nitrogen and oxygen atoms in total. The van der Waals surface area contributed by atoms with E-state index in [0.29, 0.717) is 0 Å². The molecule has 0 fully saturated rings. The van der Waals surface area contributed by atoms with Gasteiger partial charge in [-0.1, -0.05) is 30.3 Å². The maximum absolute atomic E-state index is 8.49. The lowest BCUT2D eigenvalue weighted by Crippen LogP contribution is -2.69. The number of hydrogen-bond donors (Lipinski definition) is 2. The molecule has 0 atom stereocenters. The van der Waals surface area contributed by atoms with Crippen LogP contribution < -0.4 is 29.5 Å². The van der Waals surface area contributed by atoms with Crippen molar-refractivity contribution in [2.24, 2.45) is 0 Å². The van der Waals surface area contributed by atoms with Crippen LogP contribution >= 0.6 is 0 Å². The lowest BCUT2D eigenvalue weighted by atomic mass is 10.1. The predicted octanol–water partition coefficient (Wildman–Crippen LogP) is -2.74. The van der Waals surface area contributed by atoms with Gasteiger partial charge in [0.1, 0.15) is 0 Å². The first kappa shape index (κ1) is 18.8. The van der Waals surface area contributed by atoms with Crippen molar-refractivity contribution in [1.82, 2.24) is 0 Å². The number of hydrogen-bond acceptors (Lipinski definition) is 6. The number of nitrogens with one attached hydrogen (secondary N) is 1. The second-order valence-corrected chi connectivity index (χ2v) is 4.82. The number of allylic oxidation sites excluding steroid dienone is 2. The molecular weight excluding hydrogens is 324 g/mol. The highest BCUT2D eigenvalue weighted by atomic mass is 35.7. The Labute approximate surface area is 134 Å². The second-order valence-electron chi connectivity index (χ2n) is 4.06. The van der Waals surface area contributed by atoms with E-state index in [-0.39, 0.29) is 5.55 Å². The van der Waals surface area contributed by atoms with Gasteiger partial charge in [0.2, 0.25) is 5.55 Å². The Morgan fingerprint density at radius 1 is 0.870 bits per heavy atom. The van der Waals surface area contributed by atoms with E-state index < -0.39 is 10.2 Å². The fourth-order valence-electron chi connectivity index (χ4n) is 1.55. The molecule has 0 bridgehead atoms. The van der Waals surface area contributed by atoms with Gasteiger partial charge in [-0.3, -0.25) is 10.7 Å². The van der Waals surface area contributed by atoms with Gasteiger partial charge in [0.15, 0.2) is 0 Å². The molecule has 0 amide bonds. The Morgan fingerprint density at radius 3 is 1.87 bits per heavy atom. The summed E-state index contributed by atoms with van der Waals surface area (Å²) in [6.07, 6.45) is 9.51. The molecule has 2 heterocycles. The Balaban J connectivity index is 0.000000218. The highest BCUT2D eigenvalue weighted by Gasteiger charge is 1.98. The van der Waals surface area contributed by atoms with Crippen LogP contribution in [0.5, 0.6) is 0 Å². The molecule has 23 heavy (non-hydrogen) atoms. The summed E-state index contributed by atoms with van der Waals surface area (Å²) >= 11 is 0. The van der Waals surface area contributed by atoms with Crippen molar-refractivity contribution in [3.05, 3.63) is 78.8 Å². The normalized spacial score (nSPS) is 12.0. The Bertz CT molecular complexity index is 677. The Morgan fingerprint density at radius 2 is 1.43 bits per heavy atom. The zero-order valence-corrected chi connectivity index (χ0v) is 12.7. The molecule has 0 radical (unpaired) electrons. The maximum Gasteiger partial charge on any atom is 0.218 e. The van der Waals surface area contributed by atoms with E-state index in [1.54, 1.807) is 6.07 Å². The molecule has 1 aromatic heterocycles. The molecule has 1 aliphatic rings. The van der Waals surface area contributed by atoms with E-state index in [1.807, 2.05) is 66.3 Å². The molecule has 3 rings (SSSR count). The number of benzene rings is 1. The van der Waals surface area contributed by atoms with Crippen molar-refractivity contribution in [3.63, 3.8) is 0 Å². The fraction of sp³-hybridized carbons (Fsp3) is 0. The average Bonchev–Trinajstić information content (AvgIpc) is 3.06. The molecule has 0 saturated carbocycles. The third-order valence-electron chi connectivity index (χ3n) is 2.41. The number of nitrogens with two attached hydrogens (primary N) is 1. The molecule has 0 saturated heterocycles. The van der Waals surface area contributed by atoms with Crippen LogP contribution in [0.15, 0.2) is 77.7 Å². The first-order chi connectivity index (χ1) is 10.9. The summed E-state index contributed by atoms with van der Waals surface area (Å²) < 4.78 is 39.0. The standard InChI is InChI=1S/C11H9NO.C4H5N.ClHO4/c12-11-10(7-4-8-13-11)9-5-2-1-3-6-9;1-2-4-5-3-1;2-1(3,4)5/h1-8,12H;1-5H;(H,2,3,4,5). The smallest absolute Gasteiger partial charge is 0.218 e. The first-order valence-electron chi connectivity index (χ1n) is 6.34. The number of quaternary nitrogens is 1. The molecule has 3 N–H and O–H groups in total. The van der Waals surface area contributed by atoms with Crippen LogP contribution in [0.4, 0.5) is 0 Å². The zero-order valence-electron chi connectivity index (χ0n) is 11.9. The van der Waals surface area contributed by atoms with Crippen molar-refractivity contribution < 1.29 is 38.6 Å². The summed E-state index contributed by atoms with van der Waals surface area (Å²) in [5, 5.41) is 9.54. The van der Waals surface area contributed by atoms with Gasteiger partial charge in [-0.25, -0.2) is 18.6 Å². The molecule has 122 valence electrons. The van der Waals surface area contributed by atoms with E-state index >= 15 is 0 Å². The van der Waals surface area contributed by atoms with Crippen molar-refractivity contribution >= 4 is 0 Å². The average molecular weight is 339 g/mol. The third-order valence-corrected chi connectivity index (χ3v) is 2.41. The van der Waals surface area contributed by atoms with Crippen LogP contribution in [0.1, 0.15) is 0 Å². The first-order valence-corrected chi connectivity index (χ1v) is 7.57. The van der Waals surface area contributed by atoms with E-state index in [2.05, 4.69) is 0 Å². The van der Waals surface area contributed by atoms with Gasteiger partial charge < -0.3 is 4.42 Å². The summed E-state index contributed by atoms with van der Waals surface area (Å²) in [6.45, 7) is 0. The van der Waals surface area contributed by atoms with Gasteiger partial charge in [-0.2, -0.15) is 0 Å². The molecule has 0 spiro atoms. The van der Waals surface area contributed by atoms with Crippen molar-refractivity contribution in [3.8, 4) is 11.1 Å².